The number of halogens is 1. The zero-order valence-electron chi connectivity index (χ0n) is 9.95. The topological polar surface area (TPSA) is 18.5 Å². The first-order chi connectivity index (χ1) is 8.29. The maximum Gasteiger partial charge on any atom is 0.162 e. The Hall–Kier alpha value is -0.540. The van der Waals surface area contributed by atoms with Crippen LogP contribution >= 0.6 is 23.4 Å². The highest BCUT2D eigenvalue weighted by Gasteiger charge is 2.11. The van der Waals surface area contributed by atoms with Crippen molar-refractivity contribution in [1.82, 2.24) is 0 Å². The zero-order valence-corrected chi connectivity index (χ0v) is 11.5. The van der Waals surface area contributed by atoms with Crippen LogP contribution in [0.5, 0.6) is 11.5 Å². The van der Waals surface area contributed by atoms with Crippen molar-refractivity contribution in [2.75, 3.05) is 24.8 Å². The normalized spacial score (nSPS) is 16.4. The molecule has 0 saturated heterocycles. The molecule has 2 rings (SSSR count). The first kappa shape index (κ1) is 12.9. The minimum absolute atomic E-state index is 0.526. The third-order valence-corrected chi connectivity index (χ3v) is 4.37. The Morgan fingerprint density at radius 1 is 1.29 bits per heavy atom. The molecule has 0 N–H and O–H groups in total. The minimum atomic E-state index is 0.526. The Morgan fingerprint density at radius 2 is 2.06 bits per heavy atom. The highest BCUT2D eigenvalue weighted by atomic mass is 35.5. The van der Waals surface area contributed by atoms with Gasteiger partial charge in [0.25, 0.3) is 0 Å². The molecule has 0 amide bonds. The van der Waals surface area contributed by atoms with Gasteiger partial charge in [0.1, 0.15) is 0 Å². The smallest absolute Gasteiger partial charge is 0.162 e. The van der Waals surface area contributed by atoms with Crippen LogP contribution in [0, 0.1) is 5.92 Å². The van der Waals surface area contributed by atoms with Gasteiger partial charge in [0.05, 0.1) is 13.2 Å². The van der Waals surface area contributed by atoms with Crippen molar-refractivity contribution in [2.45, 2.75) is 18.2 Å². The van der Waals surface area contributed by atoms with E-state index in [9.17, 15) is 0 Å². The van der Waals surface area contributed by atoms with Gasteiger partial charge >= 0.3 is 0 Å². The quantitative estimate of drug-likeness (QED) is 0.613. The van der Waals surface area contributed by atoms with E-state index in [2.05, 4.69) is 19.1 Å². The molecule has 1 aromatic rings. The first-order valence-corrected chi connectivity index (χ1v) is 7.40. The van der Waals surface area contributed by atoms with Crippen LogP contribution in [-0.2, 0) is 0 Å². The molecule has 1 aliphatic rings. The summed E-state index contributed by atoms with van der Waals surface area (Å²) in [6.45, 7) is 3.63. The summed E-state index contributed by atoms with van der Waals surface area (Å²) in [4.78, 5) is 1.21. The van der Waals surface area contributed by atoms with E-state index < -0.39 is 0 Å². The number of fused-ring (bicyclic) bond motifs is 1. The molecule has 1 unspecified atom stereocenters. The highest BCUT2D eigenvalue weighted by Crippen LogP contribution is 2.34. The molecule has 17 heavy (non-hydrogen) atoms. The SMILES string of the molecule is CC(CCl)CSc1ccc2c(c1)OCCCO2. The van der Waals surface area contributed by atoms with E-state index in [1.165, 1.54) is 4.90 Å². The second-order valence-electron chi connectivity index (χ2n) is 4.23. The van der Waals surface area contributed by atoms with Gasteiger partial charge in [-0.2, -0.15) is 0 Å². The van der Waals surface area contributed by atoms with Gasteiger partial charge in [0.2, 0.25) is 0 Å². The van der Waals surface area contributed by atoms with Gasteiger partial charge in [-0.25, -0.2) is 0 Å². The number of rotatable bonds is 4. The molecule has 0 fully saturated rings. The molecule has 94 valence electrons. The molecule has 1 aliphatic heterocycles. The van der Waals surface area contributed by atoms with Crippen molar-refractivity contribution in [2.24, 2.45) is 5.92 Å². The first-order valence-electron chi connectivity index (χ1n) is 5.88. The monoisotopic (exact) mass is 272 g/mol. The summed E-state index contributed by atoms with van der Waals surface area (Å²) in [5, 5.41) is 0. The molecule has 0 spiro atoms. The molecule has 1 aromatic carbocycles. The molecule has 0 aromatic heterocycles. The third kappa shape index (κ3) is 3.71. The van der Waals surface area contributed by atoms with Gasteiger partial charge in [-0.1, -0.05) is 6.92 Å². The summed E-state index contributed by atoms with van der Waals surface area (Å²) >= 11 is 7.61. The van der Waals surface area contributed by atoms with E-state index in [0.717, 1.165) is 36.9 Å². The lowest BCUT2D eigenvalue weighted by Gasteiger charge is -2.10. The number of thioether (sulfide) groups is 1. The van der Waals surface area contributed by atoms with E-state index in [1.807, 2.05) is 17.8 Å². The summed E-state index contributed by atoms with van der Waals surface area (Å²) in [5.74, 6) is 3.99. The van der Waals surface area contributed by atoms with Crippen molar-refractivity contribution in [3.8, 4) is 11.5 Å². The molecule has 4 heteroatoms. The van der Waals surface area contributed by atoms with Crippen LogP contribution in [0.2, 0.25) is 0 Å². The van der Waals surface area contributed by atoms with Crippen LogP contribution in [-0.4, -0.2) is 24.8 Å². The number of hydrogen-bond donors (Lipinski definition) is 0. The second-order valence-corrected chi connectivity index (χ2v) is 5.63. The van der Waals surface area contributed by atoms with Crippen LogP contribution in [0.1, 0.15) is 13.3 Å². The van der Waals surface area contributed by atoms with E-state index >= 15 is 0 Å². The maximum atomic E-state index is 5.80. The molecule has 0 saturated carbocycles. The van der Waals surface area contributed by atoms with Crippen LogP contribution in [0.25, 0.3) is 0 Å². The van der Waals surface area contributed by atoms with Gasteiger partial charge in [-0.3, -0.25) is 0 Å². The minimum Gasteiger partial charge on any atom is -0.490 e. The maximum absolute atomic E-state index is 5.80. The summed E-state index contributed by atoms with van der Waals surface area (Å²) in [7, 11) is 0. The zero-order chi connectivity index (χ0) is 12.1. The average Bonchev–Trinajstić information content (AvgIpc) is 2.60. The summed E-state index contributed by atoms with van der Waals surface area (Å²) < 4.78 is 11.3. The van der Waals surface area contributed by atoms with Gasteiger partial charge in [0.15, 0.2) is 11.5 Å². The highest BCUT2D eigenvalue weighted by molar-refractivity contribution is 7.99. The number of hydrogen-bond acceptors (Lipinski definition) is 3. The average molecular weight is 273 g/mol. The second kappa shape index (κ2) is 6.41. The van der Waals surface area contributed by atoms with Crippen molar-refractivity contribution >= 4 is 23.4 Å². The van der Waals surface area contributed by atoms with Gasteiger partial charge in [0, 0.05) is 22.9 Å². The van der Waals surface area contributed by atoms with Crippen molar-refractivity contribution < 1.29 is 9.47 Å². The molecular weight excluding hydrogens is 256 g/mol. The molecule has 2 nitrogen and oxygen atoms in total. The fourth-order valence-electron chi connectivity index (χ4n) is 1.52. The molecule has 1 atom stereocenters. The van der Waals surface area contributed by atoms with Crippen LogP contribution < -0.4 is 9.47 Å². The fraction of sp³-hybridized carbons (Fsp3) is 0.538. The summed E-state index contributed by atoms with van der Waals surface area (Å²) in [6, 6.07) is 6.14. The van der Waals surface area contributed by atoms with Crippen molar-refractivity contribution in [1.29, 1.82) is 0 Å². The van der Waals surface area contributed by atoms with E-state index in [1.54, 1.807) is 0 Å². The van der Waals surface area contributed by atoms with Crippen LogP contribution in [0.3, 0.4) is 0 Å². The van der Waals surface area contributed by atoms with Crippen molar-refractivity contribution in [3.63, 3.8) is 0 Å². The van der Waals surface area contributed by atoms with E-state index in [-0.39, 0.29) is 0 Å². The van der Waals surface area contributed by atoms with Crippen LogP contribution in [0.15, 0.2) is 23.1 Å². The van der Waals surface area contributed by atoms with Gasteiger partial charge < -0.3 is 9.47 Å². The number of ether oxygens (including phenoxy) is 2. The van der Waals surface area contributed by atoms with E-state index in [0.29, 0.717) is 11.8 Å². The van der Waals surface area contributed by atoms with E-state index in [4.69, 9.17) is 21.1 Å². The Kier molecular flexibility index (Phi) is 4.86. The molecular formula is C13H17ClO2S. The fourth-order valence-corrected chi connectivity index (χ4v) is 2.70. The molecule has 0 bridgehead atoms. The van der Waals surface area contributed by atoms with Gasteiger partial charge in [-0.15, -0.1) is 23.4 Å². The largest absolute Gasteiger partial charge is 0.490 e. The summed E-state index contributed by atoms with van der Waals surface area (Å²) in [6.07, 6.45) is 0.945. The number of alkyl halides is 1. The molecule has 1 heterocycles. The third-order valence-electron chi connectivity index (χ3n) is 2.52. The Labute approximate surface area is 112 Å². The van der Waals surface area contributed by atoms with Gasteiger partial charge in [-0.05, 0) is 24.1 Å². The summed E-state index contributed by atoms with van der Waals surface area (Å²) in [5.41, 5.74) is 0. The molecule has 0 aliphatic carbocycles. The predicted molar refractivity (Wildman–Crippen MR) is 72.7 cm³/mol. The van der Waals surface area contributed by atoms with Crippen LogP contribution in [0.4, 0.5) is 0 Å². The molecule has 0 radical (unpaired) electrons. The predicted octanol–water partition coefficient (Wildman–Crippen LogP) is 3.81. The lowest BCUT2D eigenvalue weighted by atomic mass is 10.3. The Balaban J connectivity index is 2.02. The standard InChI is InChI=1S/C13H17ClO2S/c1-10(8-14)9-17-11-3-4-12-13(7-11)16-6-2-5-15-12/h3-4,7,10H,2,5-6,8-9H2,1H3. The Bertz CT molecular complexity index is 370. The number of benzene rings is 1. The lowest BCUT2D eigenvalue weighted by Crippen LogP contribution is -1.99. The lowest BCUT2D eigenvalue weighted by molar-refractivity contribution is 0.297. The Morgan fingerprint density at radius 3 is 2.82 bits per heavy atom. The van der Waals surface area contributed by atoms with Crippen molar-refractivity contribution in [3.05, 3.63) is 18.2 Å².